The first-order chi connectivity index (χ1) is 15.3. The smallest absolute Gasteiger partial charge is 0.148 e. The van der Waals surface area contributed by atoms with Gasteiger partial charge in [0.25, 0.3) is 0 Å². The molecule has 0 aliphatic heterocycles. The van der Waals surface area contributed by atoms with Crippen LogP contribution in [0.15, 0.2) is 72.8 Å². The highest BCUT2D eigenvalue weighted by atomic mass is 16.5. The average Bonchev–Trinajstić information content (AvgIpc) is 2.82. The lowest BCUT2D eigenvalue weighted by Gasteiger charge is -2.29. The Morgan fingerprint density at radius 2 is 0.781 bits per heavy atom. The second kappa shape index (κ2) is 9.67. The largest absolute Gasteiger partial charge is 0.481 e. The summed E-state index contributed by atoms with van der Waals surface area (Å²) in [4.78, 5) is 0. The van der Waals surface area contributed by atoms with E-state index in [0.717, 1.165) is 11.5 Å². The number of rotatable bonds is 8. The van der Waals surface area contributed by atoms with E-state index in [1.807, 2.05) is 24.3 Å². The van der Waals surface area contributed by atoms with E-state index in [0.29, 0.717) is 0 Å². The Kier molecular flexibility index (Phi) is 6.97. The SMILES string of the molecule is C#CCOc1ccc(C(C)(C)c2ccc(C(C)(C)c3ccc(OCC#C)cc3)cc2)cc1. The molecule has 3 aromatic carbocycles. The van der Waals surface area contributed by atoms with Gasteiger partial charge in [0.15, 0.2) is 0 Å². The van der Waals surface area contributed by atoms with Gasteiger partial charge in [0.1, 0.15) is 24.7 Å². The van der Waals surface area contributed by atoms with Crippen molar-refractivity contribution in [3.8, 4) is 36.2 Å². The molecule has 0 unspecified atom stereocenters. The van der Waals surface area contributed by atoms with Gasteiger partial charge in [-0.1, -0.05) is 88.1 Å². The highest BCUT2D eigenvalue weighted by Gasteiger charge is 2.26. The van der Waals surface area contributed by atoms with Gasteiger partial charge in [-0.15, -0.1) is 12.8 Å². The first kappa shape index (κ1) is 23.1. The Bertz CT molecular complexity index is 1010. The van der Waals surface area contributed by atoms with Gasteiger partial charge in [-0.3, -0.25) is 0 Å². The predicted octanol–water partition coefficient (Wildman–Crippen LogP) is 6.36. The molecule has 2 heteroatoms. The normalized spacial score (nSPS) is 11.3. The van der Waals surface area contributed by atoms with E-state index >= 15 is 0 Å². The van der Waals surface area contributed by atoms with Crippen molar-refractivity contribution in [2.24, 2.45) is 0 Å². The predicted molar refractivity (Wildman–Crippen MR) is 132 cm³/mol. The summed E-state index contributed by atoms with van der Waals surface area (Å²) in [5, 5.41) is 0. The second-order valence-electron chi connectivity index (χ2n) is 8.86. The van der Waals surface area contributed by atoms with Crippen LogP contribution >= 0.6 is 0 Å². The number of terminal acetylenes is 2. The molecule has 0 saturated carbocycles. The van der Waals surface area contributed by atoms with Crippen molar-refractivity contribution in [1.82, 2.24) is 0 Å². The molecule has 0 fully saturated rings. The monoisotopic (exact) mass is 422 g/mol. The van der Waals surface area contributed by atoms with E-state index in [2.05, 4.69) is 88.1 Å². The number of benzene rings is 3. The average molecular weight is 423 g/mol. The Labute approximate surface area is 192 Å². The topological polar surface area (TPSA) is 18.5 Å². The molecule has 0 aromatic heterocycles. The van der Waals surface area contributed by atoms with Crippen LogP contribution in [0, 0.1) is 24.7 Å². The molecule has 0 radical (unpaired) electrons. The van der Waals surface area contributed by atoms with Crippen LogP contribution in [-0.4, -0.2) is 13.2 Å². The standard InChI is InChI=1S/C30H30O2/c1-7-21-31-27-17-13-25(14-18-27)29(3,4)23-9-11-24(12-10-23)30(5,6)26-15-19-28(20-16-26)32-22-8-2/h1-2,9-20H,21-22H2,3-6H3. The van der Waals surface area contributed by atoms with Gasteiger partial charge in [0.2, 0.25) is 0 Å². The van der Waals surface area contributed by atoms with Crippen molar-refractivity contribution < 1.29 is 9.47 Å². The Morgan fingerprint density at radius 1 is 0.531 bits per heavy atom. The van der Waals surface area contributed by atoms with Gasteiger partial charge in [-0.05, 0) is 46.5 Å². The molecule has 32 heavy (non-hydrogen) atoms. The van der Waals surface area contributed by atoms with E-state index in [1.165, 1.54) is 22.3 Å². The fourth-order valence-corrected chi connectivity index (χ4v) is 3.82. The summed E-state index contributed by atoms with van der Waals surface area (Å²) < 4.78 is 11.0. The Balaban J connectivity index is 1.79. The van der Waals surface area contributed by atoms with Crippen molar-refractivity contribution in [1.29, 1.82) is 0 Å². The van der Waals surface area contributed by atoms with Crippen molar-refractivity contribution in [2.45, 2.75) is 38.5 Å². The maximum Gasteiger partial charge on any atom is 0.148 e. The molecule has 0 atom stereocenters. The van der Waals surface area contributed by atoms with Crippen molar-refractivity contribution in [2.75, 3.05) is 13.2 Å². The summed E-state index contributed by atoms with van der Waals surface area (Å²) >= 11 is 0. The lowest BCUT2D eigenvalue weighted by atomic mass is 9.74. The summed E-state index contributed by atoms with van der Waals surface area (Å²) in [6.07, 6.45) is 10.5. The van der Waals surface area contributed by atoms with E-state index in [9.17, 15) is 0 Å². The zero-order valence-electron chi connectivity index (χ0n) is 19.3. The highest BCUT2D eigenvalue weighted by Crippen LogP contribution is 2.36. The van der Waals surface area contributed by atoms with Crippen LogP contribution < -0.4 is 9.47 Å². The van der Waals surface area contributed by atoms with Crippen molar-refractivity contribution >= 4 is 0 Å². The van der Waals surface area contributed by atoms with Crippen molar-refractivity contribution in [3.63, 3.8) is 0 Å². The lowest BCUT2D eigenvalue weighted by molar-refractivity contribution is 0.370. The minimum absolute atomic E-state index is 0.136. The summed E-state index contributed by atoms with van der Waals surface area (Å²) in [6.45, 7) is 9.50. The van der Waals surface area contributed by atoms with Crippen LogP contribution in [0.4, 0.5) is 0 Å². The molecule has 0 aliphatic carbocycles. The molecule has 0 amide bonds. The third-order valence-electron chi connectivity index (χ3n) is 6.12. The molecule has 2 nitrogen and oxygen atoms in total. The highest BCUT2D eigenvalue weighted by molar-refractivity contribution is 5.45. The van der Waals surface area contributed by atoms with Gasteiger partial charge in [0.05, 0.1) is 0 Å². The Hall–Kier alpha value is -3.62. The molecular weight excluding hydrogens is 392 g/mol. The molecule has 3 rings (SSSR count). The minimum Gasteiger partial charge on any atom is -0.481 e. The molecule has 0 aliphatic rings. The molecular formula is C30H30O2. The zero-order valence-corrected chi connectivity index (χ0v) is 19.3. The molecule has 0 saturated heterocycles. The third-order valence-corrected chi connectivity index (χ3v) is 6.12. The van der Waals surface area contributed by atoms with Gasteiger partial charge in [-0.2, -0.15) is 0 Å². The molecule has 0 N–H and O–H groups in total. The first-order valence-corrected chi connectivity index (χ1v) is 10.7. The molecule has 162 valence electrons. The van der Waals surface area contributed by atoms with E-state index in [1.54, 1.807) is 0 Å². The van der Waals surface area contributed by atoms with Crippen LogP contribution in [-0.2, 0) is 10.8 Å². The van der Waals surface area contributed by atoms with Gasteiger partial charge in [0, 0.05) is 10.8 Å². The summed E-state index contributed by atoms with van der Waals surface area (Å²) in [6, 6.07) is 25.2. The first-order valence-electron chi connectivity index (χ1n) is 10.7. The molecule has 3 aromatic rings. The lowest BCUT2D eigenvalue weighted by Crippen LogP contribution is -2.21. The maximum atomic E-state index is 5.50. The van der Waals surface area contributed by atoms with Crippen LogP contribution in [0.3, 0.4) is 0 Å². The van der Waals surface area contributed by atoms with E-state index in [4.69, 9.17) is 22.3 Å². The molecule has 0 bridgehead atoms. The molecule has 0 heterocycles. The van der Waals surface area contributed by atoms with E-state index < -0.39 is 0 Å². The molecule has 0 spiro atoms. The van der Waals surface area contributed by atoms with Gasteiger partial charge >= 0.3 is 0 Å². The van der Waals surface area contributed by atoms with Gasteiger partial charge < -0.3 is 9.47 Å². The summed E-state index contributed by atoms with van der Waals surface area (Å²) in [5.41, 5.74) is 4.69. The third kappa shape index (κ3) is 4.99. The van der Waals surface area contributed by atoms with Crippen molar-refractivity contribution in [3.05, 3.63) is 95.1 Å². The van der Waals surface area contributed by atoms with Crippen LogP contribution in [0.5, 0.6) is 11.5 Å². The number of hydrogen-bond donors (Lipinski definition) is 0. The summed E-state index contributed by atoms with van der Waals surface area (Å²) in [7, 11) is 0. The fourth-order valence-electron chi connectivity index (χ4n) is 3.82. The minimum atomic E-state index is -0.136. The fraction of sp³-hybridized carbons (Fsp3) is 0.267. The zero-order chi connectivity index (χ0) is 23.2. The summed E-state index contributed by atoms with van der Waals surface area (Å²) in [5.74, 6) is 6.56. The van der Waals surface area contributed by atoms with Crippen LogP contribution in [0.1, 0.15) is 49.9 Å². The Morgan fingerprint density at radius 3 is 1.03 bits per heavy atom. The number of hydrogen-bond acceptors (Lipinski definition) is 2. The second-order valence-corrected chi connectivity index (χ2v) is 8.86. The quantitative estimate of drug-likeness (QED) is 0.393. The van der Waals surface area contributed by atoms with Gasteiger partial charge in [-0.25, -0.2) is 0 Å². The van der Waals surface area contributed by atoms with Crippen LogP contribution in [0.2, 0.25) is 0 Å². The van der Waals surface area contributed by atoms with E-state index in [-0.39, 0.29) is 24.0 Å². The van der Waals surface area contributed by atoms with Crippen LogP contribution in [0.25, 0.3) is 0 Å². The maximum absolute atomic E-state index is 5.50. The number of ether oxygens (including phenoxy) is 2.